The van der Waals surface area contributed by atoms with Crippen molar-refractivity contribution in [2.75, 3.05) is 7.05 Å². The average Bonchev–Trinajstić information content (AvgIpc) is 2.90. The van der Waals surface area contributed by atoms with E-state index in [1.165, 1.54) is 0 Å². The van der Waals surface area contributed by atoms with Gasteiger partial charge in [-0.3, -0.25) is 0 Å². The molecule has 0 amide bonds. The molecule has 20 heavy (non-hydrogen) atoms. The number of rotatable bonds is 4. The number of hydrazone groups is 1. The molecule has 0 spiro atoms. The van der Waals surface area contributed by atoms with Crippen LogP contribution in [-0.4, -0.2) is 22.7 Å². The standard InChI is InChI=1S/C16H16N4/c1-17-20-15(12-7-3-2-4-8-12)11-16-18-13-9-5-6-10-14(13)19-16/h2-10,17H,11H2,1H3,(H,18,19)/b20-15-. The van der Waals surface area contributed by atoms with Gasteiger partial charge in [0, 0.05) is 7.05 Å². The lowest BCUT2D eigenvalue weighted by Gasteiger charge is -2.04. The van der Waals surface area contributed by atoms with Gasteiger partial charge in [-0.2, -0.15) is 5.10 Å². The Kier molecular flexibility index (Phi) is 3.46. The van der Waals surface area contributed by atoms with E-state index in [1.54, 1.807) is 0 Å². The Labute approximate surface area is 117 Å². The molecule has 2 N–H and O–H groups in total. The van der Waals surface area contributed by atoms with E-state index >= 15 is 0 Å². The number of hydrogen-bond acceptors (Lipinski definition) is 3. The number of imidazole rings is 1. The number of benzene rings is 2. The zero-order chi connectivity index (χ0) is 13.8. The molecule has 100 valence electrons. The normalized spacial score (nSPS) is 11.8. The van der Waals surface area contributed by atoms with Crippen molar-refractivity contribution < 1.29 is 0 Å². The van der Waals surface area contributed by atoms with E-state index < -0.39 is 0 Å². The third-order valence-electron chi connectivity index (χ3n) is 3.13. The minimum Gasteiger partial charge on any atom is -0.342 e. The first-order chi connectivity index (χ1) is 9.86. The lowest BCUT2D eigenvalue weighted by molar-refractivity contribution is 0.890. The SMILES string of the molecule is CN/N=C(/Cc1nc2ccccc2[nH]1)c1ccccc1. The second-order valence-electron chi connectivity index (χ2n) is 4.53. The lowest BCUT2D eigenvalue weighted by atomic mass is 10.1. The maximum absolute atomic E-state index is 4.60. The summed E-state index contributed by atoms with van der Waals surface area (Å²) in [5.41, 5.74) is 6.97. The minimum absolute atomic E-state index is 0.666. The van der Waals surface area contributed by atoms with Crippen LogP contribution in [0.4, 0.5) is 0 Å². The van der Waals surface area contributed by atoms with Crippen molar-refractivity contribution in [2.24, 2.45) is 5.10 Å². The van der Waals surface area contributed by atoms with Gasteiger partial charge < -0.3 is 10.4 Å². The first-order valence-electron chi connectivity index (χ1n) is 6.59. The molecule has 0 saturated carbocycles. The summed E-state index contributed by atoms with van der Waals surface area (Å²) < 4.78 is 0. The fourth-order valence-electron chi connectivity index (χ4n) is 2.22. The Bertz CT molecular complexity index is 695. The van der Waals surface area contributed by atoms with Crippen molar-refractivity contribution in [2.45, 2.75) is 6.42 Å². The molecule has 4 nitrogen and oxygen atoms in total. The third-order valence-corrected chi connectivity index (χ3v) is 3.13. The number of aromatic amines is 1. The van der Waals surface area contributed by atoms with Gasteiger partial charge in [-0.25, -0.2) is 4.98 Å². The van der Waals surface area contributed by atoms with Gasteiger partial charge in [-0.15, -0.1) is 0 Å². The molecular weight excluding hydrogens is 248 g/mol. The molecule has 0 atom stereocenters. The van der Waals surface area contributed by atoms with Crippen LogP contribution in [0.15, 0.2) is 59.7 Å². The molecule has 0 aliphatic heterocycles. The maximum atomic E-state index is 4.60. The third kappa shape index (κ3) is 2.54. The minimum atomic E-state index is 0.666. The largest absolute Gasteiger partial charge is 0.342 e. The van der Waals surface area contributed by atoms with Crippen LogP contribution in [-0.2, 0) is 6.42 Å². The molecule has 1 aromatic heterocycles. The highest BCUT2D eigenvalue weighted by atomic mass is 15.3. The van der Waals surface area contributed by atoms with Crippen molar-refractivity contribution >= 4 is 16.7 Å². The number of H-pyrrole nitrogens is 1. The second kappa shape index (κ2) is 5.57. The van der Waals surface area contributed by atoms with E-state index in [4.69, 9.17) is 0 Å². The van der Waals surface area contributed by atoms with Crippen molar-refractivity contribution in [3.8, 4) is 0 Å². The number of nitrogens with zero attached hydrogens (tertiary/aromatic N) is 2. The summed E-state index contributed by atoms with van der Waals surface area (Å²) in [6.45, 7) is 0. The van der Waals surface area contributed by atoms with Gasteiger partial charge in [0.25, 0.3) is 0 Å². The first kappa shape index (κ1) is 12.4. The molecule has 2 aromatic carbocycles. The molecule has 0 unspecified atom stereocenters. The lowest BCUT2D eigenvalue weighted by Crippen LogP contribution is -2.11. The van der Waals surface area contributed by atoms with E-state index in [0.717, 1.165) is 28.1 Å². The van der Waals surface area contributed by atoms with Crippen molar-refractivity contribution in [1.29, 1.82) is 0 Å². The molecule has 0 bridgehead atoms. The zero-order valence-corrected chi connectivity index (χ0v) is 11.3. The van der Waals surface area contributed by atoms with E-state index in [9.17, 15) is 0 Å². The van der Waals surface area contributed by atoms with Crippen LogP contribution >= 0.6 is 0 Å². The smallest absolute Gasteiger partial charge is 0.113 e. The number of para-hydroxylation sites is 2. The summed E-state index contributed by atoms with van der Waals surface area (Å²) in [5.74, 6) is 0.920. The number of nitrogens with one attached hydrogen (secondary N) is 2. The van der Waals surface area contributed by atoms with Crippen LogP contribution in [0.1, 0.15) is 11.4 Å². The Hall–Kier alpha value is -2.62. The van der Waals surface area contributed by atoms with Gasteiger partial charge in [-0.1, -0.05) is 42.5 Å². The van der Waals surface area contributed by atoms with Gasteiger partial charge >= 0.3 is 0 Å². The Balaban J connectivity index is 1.92. The fourth-order valence-corrected chi connectivity index (χ4v) is 2.22. The quantitative estimate of drug-likeness (QED) is 0.562. The van der Waals surface area contributed by atoms with Crippen LogP contribution in [0.2, 0.25) is 0 Å². The molecule has 3 aromatic rings. The summed E-state index contributed by atoms with van der Waals surface area (Å²) in [6, 6.07) is 18.2. The van der Waals surface area contributed by atoms with Crippen molar-refractivity contribution in [3.05, 3.63) is 66.0 Å². The van der Waals surface area contributed by atoms with Crippen molar-refractivity contribution in [1.82, 2.24) is 15.4 Å². The van der Waals surface area contributed by atoms with E-state index in [1.807, 2.05) is 49.5 Å². The monoisotopic (exact) mass is 264 g/mol. The molecule has 1 heterocycles. The number of hydrogen-bond donors (Lipinski definition) is 2. The van der Waals surface area contributed by atoms with E-state index in [2.05, 4.69) is 32.6 Å². The van der Waals surface area contributed by atoms with E-state index in [-0.39, 0.29) is 0 Å². The highest BCUT2D eigenvalue weighted by Gasteiger charge is 2.08. The van der Waals surface area contributed by atoms with Crippen LogP contribution < -0.4 is 5.43 Å². The molecule has 0 aliphatic rings. The van der Waals surface area contributed by atoms with Crippen molar-refractivity contribution in [3.63, 3.8) is 0 Å². The molecule has 0 radical (unpaired) electrons. The Morgan fingerprint density at radius 2 is 1.85 bits per heavy atom. The summed E-state index contributed by atoms with van der Waals surface area (Å²) >= 11 is 0. The zero-order valence-electron chi connectivity index (χ0n) is 11.3. The summed E-state index contributed by atoms with van der Waals surface area (Å²) in [4.78, 5) is 7.93. The van der Waals surface area contributed by atoms with Crippen LogP contribution in [0.3, 0.4) is 0 Å². The number of aromatic nitrogens is 2. The average molecular weight is 264 g/mol. The molecule has 4 heteroatoms. The summed E-state index contributed by atoms with van der Waals surface area (Å²) in [7, 11) is 1.81. The van der Waals surface area contributed by atoms with E-state index in [0.29, 0.717) is 6.42 Å². The van der Waals surface area contributed by atoms with Gasteiger partial charge in [0.2, 0.25) is 0 Å². The van der Waals surface area contributed by atoms with Gasteiger partial charge in [0.05, 0.1) is 23.2 Å². The van der Waals surface area contributed by atoms with Crippen LogP contribution in [0.5, 0.6) is 0 Å². The van der Waals surface area contributed by atoms with Gasteiger partial charge in [-0.05, 0) is 17.7 Å². The first-order valence-corrected chi connectivity index (χ1v) is 6.59. The topological polar surface area (TPSA) is 53.1 Å². The number of fused-ring (bicyclic) bond motifs is 1. The summed E-state index contributed by atoms with van der Waals surface area (Å²) in [5, 5.41) is 4.37. The maximum Gasteiger partial charge on any atom is 0.113 e. The predicted molar refractivity (Wildman–Crippen MR) is 81.8 cm³/mol. The Morgan fingerprint density at radius 3 is 2.60 bits per heavy atom. The highest BCUT2D eigenvalue weighted by molar-refractivity contribution is 6.01. The molecule has 0 aliphatic carbocycles. The van der Waals surface area contributed by atoms with Crippen LogP contribution in [0, 0.1) is 0 Å². The van der Waals surface area contributed by atoms with Gasteiger partial charge in [0.15, 0.2) is 0 Å². The predicted octanol–water partition coefficient (Wildman–Crippen LogP) is 2.73. The fraction of sp³-hybridized carbons (Fsp3) is 0.125. The molecule has 3 rings (SSSR count). The second-order valence-corrected chi connectivity index (χ2v) is 4.53. The summed E-state index contributed by atoms with van der Waals surface area (Å²) in [6.07, 6.45) is 0.666. The molecule has 0 saturated heterocycles. The molecule has 0 fully saturated rings. The van der Waals surface area contributed by atoms with Gasteiger partial charge in [0.1, 0.15) is 5.82 Å². The van der Waals surface area contributed by atoms with Crippen LogP contribution in [0.25, 0.3) is 11.0 Å². The molecular formula is C16H16N4. The highest BCUT2D eigenvalue weighted by Crippen LogP contribution is 2.12. The Morgan fingerprint density at radius 1 is 1.10 bits per heavy atom.